The molecule has 4 heteroatoms. The van der Waals surface area contributed by atoms with Gasteiger partial charge in [0, 0.05) is 15.5 Å². The molecule has 1 aromatic carbocycles. The lowest BCUT2D eigenvalue weighted by Gasteiger charge is -2.08. The van der Waals surface area contributed by atoms with Gasteiger partial charge in [-0.1, -0.05) is 0 Å². The molecule has 0 aliphatic carbocycles. The van der Waals surface area contributed by atoms with E-state index in [0.29, 0.717) is 5.88 Å². The Morgan fingerprint density at radius 1 is 1.50 bits per heavy atom. The second-order valence-electron chi connectivity index (χ2n) is 2.99. The van der Waals surface area contributed by atoms with E-state index >= 15 is 0 Å². The maximum absolute atomic E-state index is 9.15. The summed E-state index contributed by atoms with van der Waals surface area (Å²) in [5.74, 6) is 0.434. The summed E-state index contributed by atoms with van der Waals surface area (Å²) >= 11 is 11.9. The lowest BCUT2D eigenvalue weighted by Crippen LogP contribution is -1.91. The van der Waals surface area contributed by atoms with Gasteiger partial charge in [-0.2, -0.15) is 0 Å². The first-order chi connectivity index (χ1) is 6.77. The van der Waals surface area contributed by atoms with E-state index in [1.165, 1.54) is 4.70 Å². The van der Waals surface area contributed by atoms with Crippen LogP contribution in [0.15, 0.2) is 22.4 Å². The van der Waals surface area contributed by atoms with Gasteiger partial charge in [0.05, 0.1) is 6.61 Å². The van der Waals surface area contributed by atoms with Gasteiger partial charge >= 0.3 is 0 Å². The molecule has 0 fully saturated rings. The molecule has 0 amide bonds. The Morgan fingerprint density at radius 3 is 2.93 bits per heavy atom. The fourth-order valence-corrected chi connectivity index (χ4v) is 3.25. The lowest BCUT2D eigenvalue weighted by atomic mass is 10.1. The Balaban J connectivity index is 2.80. The summed E-state index contributed by atoms with van der Waals surface area (Å²) < 4.78 is 1.17. The smallest absolute Gasteiger partial charge is 0.0692 e. The second-order valence-corrected chi connectivity index (χ2v) is 4.62. The molecule has 0 atom stereocenters. The highest BCUT2D eigenvalue weighted by Gasteiger charge is 2.10. The first-order valence-electron chi connectivity index (χ1n) is 4.15. The first-order valence-corrected chi connectivity index (χ1v) is 6.01. The van der Waals surface area contributed by atoms with Crippen LogP contribution in [0.4, 0.5) is 0 Å². The molecule has 0 saturated heterocycles. The van der Waals surface area contributed by atoms with Gasteiger partial charge in [0.2, 0.25) is 0 Å². The third-order valence-corrected chi connectivity index (χ3v) is 4.01. The zero-order valence-electron chi connectivity index (χ0n) is 7.33. The number of fused-ring (bicyclic) bond motifs is 1. The molecule has 0 radical (unpaired) electrons. The van der Waals surface area contributed by atoms with Crippen LogP contribution in [0.25, 0.3) is 10.1 Å². The van der Waals surface area contributed by atoms with Gasteiger partial charge in [0.1, 0.15) is 0 Å². The van der Waals surface area contributed by atoms with Gasteiger partial charge in [0.15, 0.2) is 0 Å². The fraction of sp³-hybridized carbons (Fsp3) is 0.200. The number of benzene rings is 1. The van der Waals surface area contributed by atoms with Crippen molar-refractivity contribution in [3.05, 3.63) is 28.6 Å². The Kier molecular flexibility index (Phi) is 3.02. The van der Waals surface area contributed by atoms with E-state index in [9.17, 15) is 0 Å². The molecule has 2 aromatic rings. The first kappa shape index (κ1) is 10.3. The van der Waals surface area contributed by atoms with Crippen molar-refractivity contribution in [3.63, 3.8) is 0 Å². The van der Waals surface area contributed by atoms with Crippen LogP contribution in [0.3, 0.4) is 0 Å². The normalized spacial score (nSPS) is 11.1. The number of rotatable bonds is 2. The minimum Gasteiger partial charge on any atom is -0.392 e. The topological polar surface area (TPSA) is 20.2 Å². The molecule has 0 spiro atoms. The molecule has 1 nitrogen and oxygen atoms in total. The Bertz CT molecular complexity index is 464. The van der Waals surface area contributed by atoms with Gasteiger partial charge in [-0.3, -0.25) is 0 Å². The van der Waals surface area contributed by atoms with Crippen LogP contribution in [0.5, 0.6) is 0 Å². The van der Waals surface area contributed by atoms with Crippen molar-refractivity contribution in [1.29, 1.82) is 0 Å². The predicted molar refractivity (Wildman–Crippen MR) is 64.6 cm³/mol. The molecular weight excluding hydrogens is 236 g/mol. The maximum Gasteiger partial charge on any atom is 0.0692 e. The van der Waals surface area contributed by atoms with Crippen molar-refractivity contribution in [3.8, 4) is 0 Å². The van der Waals surface area contributed by atoms with E-state index in [-0.39, 0.29) is 6.61 Å². The third kappa shape index (κ3) is 1.54. The second kappa shape index (κ2) is 4.11. The number of aliphatic hydroxyl groups excluding tert-OH is 1. The molecule has 0 aliphatic rings. The van der Waals surface area contributed by atoms with E-state index in [1.54, 1.807) is 11.3 Å². The standard InChI is InChI=1S/C10H9ClOS2/c11-4-8-9(13)7(5-12)3-6-1-2-14-10(6)8/h1-3,12-13H,4-5H2. The van der Waals surface area contributed by atoms with Gasteiger partial charge < -0.3 is 5.11 Å². The SMILES string of the molecule is OCc1cc2ccsc2c(CCl)c1S. The minimum absolute atomic E-state index is 0.00844. The van der Waals surface area contributed by atoms with Crippen molar-refractivity contribution in [2.24, 2.45) is 0 Å². The minimum atomic E-state index is 0.00844. The molecule has 0 aliphatic heterocycles. The number of halogens is 1. The Hall–Kier alpha value is -0.220. The van der Waals surface area contributed by atoms with Gasteiger partial charge in [-0.15, -0.1) is 35.6 Å². The zero-order chi connectivity index (χ0) is 10.1. The van der Waals surface area contributed by atoms with Gasteiger partial charge in [-0.25, -0.2) is 0 Å². The lowest BCUT2D eigenvalue weighted by molar-refractivity contribution is 0.279. The molecule has 0 bridgehead atoms. The molecule has 74 valence electrons. The molecule has 0 saturated carbocycles. The summed E-state index contributed by atoms with van der Waals surface area (Å²) in [6.07, 6.45) is 0. The molecule has 1 heterocycles. The van der Waals surface area contributed by atoms with Crippen LogP contribution in [0.2, 0.25) is 0 Å². The average Bonchev–Trinajstić information content (AvgIpc) is 2.64. The zero-order valence-corrected chi connectivity index (χ0v) is 9.79. The van der Waals surface area contributed by atoms with Crippen molar-refractivity contribution >= 4 is 45.7 Å². The van der Waals surface area contributed by atoms with Crippen molar-refractivity contribution < 1.29 is 5.11 Å². The van der Waals surface area contributed by atoms with E-state index in [4.69, 9.17) is 16.7 Å². The van der Waals surface area contributed by atoms with Crippen LogP contribution in [0.1, 0.15) is 11.1 Å². The molecule has 1 N–H and O–H groups in total. The summed E-state index contributed by atoms with van der Waals surface area (Å²) in [6, 6.07) is 3.99. The van der Waals surface area contributed by atoms with Gasteiger partial charge in [-0.05, 0) is 34.0 Å². The number of hydrogen-bond donors (Lipinski definition) is 2. The summed E-state index contributed by atoms with van der Waals surface area (Å²) in [5.41, 5.74) is 1.86. The van der Waals surface area contributed by atoms with Crippen LogP contribution in [-0.4, -0.2) is 5.11 Å². The number of aliphatic hydroxyl groups is 1. The van der Waals surface area contributed by atoms with E-state index in [0.717, 1.165) is 21.4 Å². The Morgan fingerprint density at radius 2 is 2.29 bits per heavy atom. The number of thiol groups is 1. The highest BCUT2D eigenvalue weighted by atomic mass is 35.5. The van der Waals surface area contributed by atoms with Crippen LogP contribution in [-0.2, 0) is 12.5 Å². The summed E-state index contributed by atoms with van der Waals surface area (Å²) in [7, 11) is 0. The van der Waals surface area contributed by atoms with E-state index in [1.807, 2.05) is 17.5 Å². The molecule has 2 rings (SSSR count). The van der Waals surface area contributed by atoms with Crippen LogP contribution >= 0.6 is 35.6 Å². The van der Waals surface area contributed by atoms with E-state index in [2.05, 4.69) is 12.6 Å². The highest BCUT2D eigenvalue weighted by Crippen LogP contribution is 2.33. The maximum atomic E-state index is 9.15. The van der Waals surface area contributed by atoms with Gasteiger partial charge in [0.25, 0.3) is 0 Å². The highest BCUT2D eigenvalue weighted by molar-refractivity contribution is 7.80. The Labute approximate surface area is 96.7 Å². The summed E-state index contributed by atoms with van der Waals surface area (Å²) in [6.45, 7) is 0.00844. The summed E-state index contributed by atoms with van der Waals surface area (Å²) in [5, 5.41) is 12.3. The number of hydrogen-bond acceptors (Lipinski definition) is 3. The van der Waals surface area contributed by atoms with Crippen molar-refractivity contribution in [1.82, 2.24) is 0 Å². The van der Waals surface area contributed by atoms with Crippen LogP contribution < -0.4 is 0 Å². The molecule has 1 aromatic heterocycles. The third-order valence-electron chi connectivity index (χ3n) is 2.19. The largest absolute Gasteiger partial charge is 0.392 e. The quantitative estimate of drug-likeness (QED) is 0.613. The number of alkyl halides is 1. The average molecular weight is 245 g/mol. The van der Waals surface area contributed by atoms with E-state index < -0.39 is 0 Å². The fourth-order valence-electron chi connectivity index (χ4n) is 1.48. The van der Waals surface area contributed by atoms with Crippen molar-refractivity contribution in [2.45, 2.75) is 17.4 Å². The molecule has 0 unspecified atom stereocenters. The van der Waals surface area contributed by atoms with Crippen LogP contribution in [0, 0.1) is 0 Å². The molecule has 14 heavy (non-hydrogen) atoms. The predicted octanol–water partition coefficient (Wildman–Crippen LogP) is 3.42. The molecular formula is C10H9ClOS2. The summed E-state index contributed by atoms with van der Waals surface area (Å²) in [4.78, 5) is 0.817. The van der Waals surface area contributed by atoms with Crippen molar-refractivity contribution in [2.75, 3.05) is 0 Å². The monoisotopic (exact) mass is 244 g/mol. The number of thiophene rings is 1.